The molecule has 292 valence electrons. The number of aliphatic hydroxyl groups excluding tert-OH is 1. The van der Waals surface area contributed by atoms with Gasteiger partial charge in [0.2, 0.25) is 0 Å². The first-order valence-corrected chi connectivity index (χ1v) is 35.0. The average molecular weight is 1250 g/mol. The van der Waals surface area contributed by atoms with Gasteiger partial charge in [0.15, 0.2) is 0 Å². The van der Waals surface area contributed by atoms with Crippen LogP contribution < -0.4 is 13.3 Å². The molecule has 0 fully saturated rings. The number of hydrogen-bond acceptors (Lipinski definition) is 4. The number of hydrogen-bond donors (Lipinski definition) is 1. The molecule has 1 unspecified atom stereocenters. The topological polar surface area (TPSA) is 47.9 Å². The van der Waals surface area contributed by atoms with E-state index in [1.165, 1.54) is 32.1 Å². The van der Waals surface area contributed by atoms with Crippen LogP contribution in [-0.2, 0) is 14.2 Å². The van der Waals surface area contributed by atoms with Crippen molar-refractivity contribution in [1.82, 2.24) is 0 Å². The maximum absolute atomic E-state index is 7.00. The van der Waals surface area contributed by atoms with Gasteiger partial charge in [-0.3, -0.25) is 0 Å². The summed E-state index contributed by atoms with van der Waals surface area (Å²) in [4.78, 5) is 0. The van der Waals surface area contributed by atoms with Crippen LogP contribution in [0.25, 0.3) is 0 Å². The molecule has 0 bridgehead atoms. The monoisotopic (exact) mass is 1250 g/mol. The van der Waals surface area contributed by atoms with E-state index in [2.05, 4.69) is 152 Å². The molecule has 0 saturated heterocycles. The van der Waals surface area contributed by atoms with Crippen LogP contribution in [0.4, 0.5) is 0 Å². The van der Waals surface area contributed by atoms with Crippen molar-refractivity contribution < 1.29 is 32.6 Å². The average Bonchev–Trinajstić information content (AvgIpc) is 3.14. The minimum atomic E-state index is 0.222. The second-order valence-electron chi connectivity index (χ2n) is 8.85. The van der Waals surface area contributed by atoms with Gasteiger partial charge < -0.3 is 19.3 Å². The third kappa shape index (κ3) is 120. The molecule has 0 aliphatic heterocycles. The molecule has 0 aromatic rings. The zero-order valence-corrected chi connectivity index (χ0v) is 42.3. The Kier molecular flexibility index (Phi) is 128. The fourth-order valence-electron chi connectivity index (χ4n) is 2.66. The second-order valence-corrected chi connectivity index (χ2v) is 25.1. The van der Waals surface area contributed by atoms with E-state index in [1.54, 1.807) is 39.6 Å². The molecule has 49 heavy (non-hydrogen) atoms. The Labute approximate surface area is 359 Å². The first-order chi connectivity index (χ1) is 23.9. The number of rotatable bonds is 23. The molecule has 0 heterocycles. The summed E-state index contributed by atoms with van der Waals surface area (Å²) in [6.45, 7) is 28.5. The third-order valence-corrected chi connectivity index (χ3v) is 5.05. The van der Waals surface area contributed by atoms with Crippen LogP contribution >= 0.6 is 74.5 Å². The van der Waals surface area contributed by atoms with Crippen molar-refractivity contribution in [2.75, 3.05) is 41.7 Å². The van der Waals surface area contributed by atoms with Crippen molar-refractivity contribution in [3.63, 3.8) is 0 Å². The van der Waals surface area contributed by atoms with E-state index >= 15 is 0 Å². The number of methoxy groups -OCH3 is 3. The van der Waals surface area contributed by atoms with Crippen LogP contribution in [0, 0.1) is 0 Å². The number of aliphatic hydroxyl groups is 1. The Balaban J connectivity index is -0.0000000694. The standard InChI is InChI=1S/C9H16O.C9H18O.C9H16O.C8H12.C4H6.CH4O.I3.I2/c1-4-6-7-8-9(5-2)10-3;2*1-3-4-5-6-7-8-9-10-2;1-3-5-7-8-6-4-2;1-3-4-2;1-2;1-3-2;1-2/h4-5,9H,1-2,6-8H2,3H3;7-8H,3-6,9H2,1-2H3;3,7-8H,1,4-6,9H2,2H3;3-5,7H,1-2,6,8H2;3-4H,1-2H2;2H,1H3;;/q;;;;;;-1;/b;8-7-;8-7+;7-5+;;;;. The van der Waals surface area contributed by atoms with Gasteiger partial charge in [-0.2, -0.15) is 0 Å². The second kappa shape index (κ2) is 92.1. The summed E-state index contributed by atoms with van der Waals surface area (Å²) >= 11 is 9.54. The van der Waals surface area contributed by atoms with Gasteiger partial charge in [-0.05, 0) is 64.2 Å². The van der Waals surface area contributed by atoms with E-state index in [1.807, 2.05) is 36.5 Å². The summed E-state index contributed by atoms with van der Waals surface area (Å²) in [6, 6.07) is 0. The Morgan fingerprint density at radius 2 is 1.04 bits per heavy atom. The van der Waals surface area contributed by atoms with Crippen molar-refractivity contribution in [2.24, 2.45) is 0 Å². The SMILES string of the molecule is C=C/C=C/CCC=C.C=CC=C.C=CCCC/C=C/COC.C=CCCCC(C=C)OC.CCCCC/C=C\COC.CO.II.I[I-]I. The molecule has 9 heteroatoms. The molecule has 0 aromatic heterocycles. The van der Waals surface area contributed by atoms with Gasteiger partial charge in [-0.25, -0.2) is 0 Å². The number of allylic oxidation sites excluding steroid dienone is 10. The normalized spacial score (nSPS) is 9.59. The van der Waals surface area contributed by atoms with Gasteiger partial charge in [0.1, 0.15) is 0 Å². The summed E-state index contributed by atoms with van der Waals surface area (Å²) in [7, 11) is 6.13. The summed E-state index contributed by atoms with van der Waals surface area (Å²) in [6.07, 6.45) is 39.4. The third-order valence-electron chi connectivity index (χ3n) is 5.05. The van der Waals surface area contributed by atoms with E-state index in [0.717, 1.165) is 65.3 Å². The van der Waals surface area contributed by atoms with Gasteiger partial charge in [0.05, 0.1) is 19.3 Å². The predicted molar refractivity (Wildman–Crippen MR) is 259 cm³/mol. The van der Waals surface area contributed by atoms with Crippen LogP contribution in [0.15, 0.2) is 125 Å². The molecule has 0 aromatic carbocycles. The Morgan fingerprint density at radius 1 is 0.592 bits per heavy atom. The van der Waals surface area contributed by atoms with Crippen LogP contribution in [-0.4, -0.2) is 52.9 Å². The van der Waals surface area contributed by atoms with Crippen molar-refractivity contribution >= 4 is 74.5 Å². The maximum atomic E-state index is 7.00. The van der Waals surface area contributed by atoms with Crippen molar-refractivity contribution in [3.8, 4) is 0 Å². The van der Waals surface area contributed by atoms with E-state index in [4.69, 9.17) is 19.3 Å². The van der Waals surface area contributed by atoms with Crippen LogP contribution in [0.5, 0.6) is 0 Å². The minimum absolute atomic E-state index is 0.222. The Morgan fingerprint density at radius 3 is 1.39 bits per heavy atom. The summed E-state index contributed by atoms with van der Waals surface area (Å²) < 4.78 is 14.8. The van der Waals surface area contributed by atoms with Gasteiger partial charge in [0, 0.05) is 65.7 Å². The van der Waals surface area contributed by atoms with E-state index in [-0.39, 0.29) is 6.10 Å². The molecule has 0 radical (unpaired) electrons. The van der Waals surface area contributed by atoms with E-state index in [0.29, 0.717) is 13.3 Å². The van der Waals surface area contributed by atoms with Crippen LogP contribution in [0.1, 0.15) is 84.0 Å². The van der Waals surface area contributed by atoms with Crippen molar-refractivity contribution in [3.05, 3.63) is 125 Å². The zero-order chi connectivity index (χ0) is 39.5. The molecule has 4 nitrogen and oxygen atoms in total. The fourth-order valence-corrected chi connectivity index (χ4v) is 2.66. The number of halogens is 5. The van der Waals surface area contributed by atoms with E-state index in [9.17, 15) is 0 Å². The Hall–Kier alpha value is 0.890. The summed E-state index contributed by atoms with van der Waals surface area (Å²) in [5, 5.41) is 7.00. The quantitative estimate of drug-likeness (QED) is 0.0479. The molecule has 0 spiro atoms. The van der Waals surface area contributed by atoms with Gasteiger partial charge >= 0.3 is 50.5 Å². The first-order valence-electron chi connectivity index (χ1n) is 16.2. The molecule has 0 rings (SSSR count). The van der Waals surface area contributed by atoms with E-state index < -0.39 is 0 Å². The molecule has 0 amide bonds. The molecule has 0 aliphatic carbocycles. The van der Waals surface area contributed by atoms with Gasteiger partial charge in [-0.15, -0.1) is 26.3 Å². The molecule has 1 N–H and O–H groups in total. The first kappa shape index (κ1) is 68.0. The van der Waals surface area contributed by atoms with Crippen LogP contribution in [0.3, 0.4) is 0 Å². The predicted octanol–water partition coefficient (Wildman–Crippen LogP) is 12.1. The molecule has 1 atom stereocenters. The molecule has 0 saturated carbocycles. The van der Waals surface area contributed by atoms with Crippen molar-refractivity contribution in [1.29, 1.82) is 0 Å². The summed E-state index contributed by atoms with van der Waals surface area (Å²) in [5.41, 5.74) is 0. The van der Waals surface area contributed by atoms with Gasteiger partial charge in [0.25, 0.3) is 0 Å². The molecular weight excluding hydrogens is 1180 g/mol. The summed E-state index contributed by atoms with van der Waals surface area (Å²) in [5.74, 6) is 0. The fraction of sp³-hybridized carbons (Fsp3) is 0.500. The van der Waals surface area contributed by atoms with Gasteiger partial charge in [-0.1, -0.05) is 118 Å². The molecule has 0 aliphatic rings. The zero-order valence-electron chi connectivity index (χ0n) is 31.5. The van der Waals surface area contributed by atoms with Crippen molar-refractivity contribution in [2.45, 2.75) is 90.1 Å². The number of unbranched alkanes of at least 4 members (excludes halogenated alkanes) is 7. The molecular formula is C40H72I5O4-. The number of ether oxygens (including phenoxy) is 3. The Bertz CT molecular complexity index is 676. The van der Waals surface area contributed by atoms with Crippen LogP contribution in [0.2, 0.25) is 0 Å².